The van der Waals surface area contributed by atoms with E-state index >= 15 is 0 Å². The van der Waals surface area contributed by atoms with Gasteiger partial charge in [-0.3, -0.25) is 4.79 Å². The van der Waals surface area contributed by atoms with Crippen molar-refractivity contribution in [2.75, 3.05) is 24.7 Å². The average molecular weight is 416 g/mol. The fourth-order valence-corrected chi connectivity index (χ4v) is 4.16. The summed E-state index contributed by atoms with van der Waals surface area (Å²) in [4.78, 5) is 23.2. The second-order valence-electron chi connectivity index (χ2n) is 8.35. The van der Waals surface area contributed by atoms with Crippen molar-refractivity contribution in [3.8, 4) is 11.1 Å². The lowest BCUT2D eigenvalue weighted by Crippen LogP contribution is -2.36. The summed E-state index contributed by atoms with van der Waals surface area (Å²) in [5, 5.41) is 7.34. The molecule has 2 N–H and O–H groups in total. The van der Waals surface area contributed by atoms with E-state index in [0.29, 0.717) is 18.0 Å². The van der Waals surface area contributed by atoms with Gasteiger partial charge in [-0.2, -0.15) is 0 Å². The van der Waals surface area contributed by atoms with Crippen LogP contribution in [0.15, 0.2) is 61.3 Å². The SMILES string of the molecule is C=CC(=O)Nc1cccc(-c2ccc3cnc(N[C@H]4CC[C@@H](N(C)C)CC4)nc3c2)c1. The molecule has 0 atom stereocenters. The highest BCUT2D eigenvalue weighted by molar-refractivity contribution is 5.99. The molecule has 0 radical (unpaired) electrons. The molecule has 0 aliphatic heterocycles. The van der Waals surface area contributed by atoms with E-state index in [1.165, 1.54) is 18.9 Å². The Kier molecular flexibility index (Phi) is 6.28. The average Bonchev–Trinajstić information content (AvgIpc) is 2.79. The molecule has 1 heterocycles. The summed E-state index contributed by atoms with van der Waals surface area (Å²) in [5.41, 5.74) is 3.69. The Hall–Kier alpha value is -3.25. The zero-order valence-electron chi connectivity index (χ0n) is 18.1. The van der Waals surface area contributed by atoms with Crippen LogP contribution in [0.2, 0.25) is 0 Å². The summed E-state index contributed by atoms with van der Waals surface area (Å²) >= 11 is 0. The molecule has 160 valence electrons. The van der Waals surface area contributed by atoms with Gasteiger partial charge >= 0.3 is 0 Å². The summed E-state index contributed by atoms with van der Waals surface area (Å²) in [5.74, 6) is 0.462. The van der Waals surface area contributed by atoms with Crippen LogP contribution in [0.5, 0.6) is 0 Å². The number of rotatable bonds is 6. The van der Waals surface area contributed by atoms with Crippen LogP contribution in [0.25, 0.3) is 22.0 Å². The Bertz CT molecular complexity index is 1090. The summed E-state index contributed by atoms with van der Waals surface area (Å²) in [6, 6.07) is 15.0. The minimum atomic E-state index is -0.223. The van der Waals surface area contributed by atoms with Gasteiger partial charge in [-0.1, -0.05) is 30.8 Å². The monoisotopic (exact) mass is 415 g/mol. The highest BCUT2D eigenvalue weighted by Gasteiger charge is 2.22. The van der Waals surface area contributed by atoms with Gasteiger partial charge < -0.3 is 15.5 Å². The van der Waals surface area contributed by atoms with Crippen molar-refractivity contribution in [2.45, 2.75) is 37.8 Å². The van der Waals surface area contributed by atoms with E-state index < -0.39 is 0 Å². The zero-order valence-corrected chi connectivity index (χ0v) is 18.1. The van der Waals surface area contributed by atoms with E-state index in [1.807, 2.05) is 36.5 Å². The number of aromatic nitrogens is 2. The molecule has 31 heavy (non-hydrogen) atoms. The molecule has 3 aromatic rings. The Morgan fingerprint density at radius 1 is 1.10 bits per heavy atom. The fraction of sp³-hybridized carbons (Fsp3) is 0.320. The number of hydrogen-bond donors (Lipinski definition) is 2. The molecule has 0 unspecified atom stereocenters. The topological polar surface area (TPSA) is 70.2 Å². The molecular weight excluding hydrogens is 386 g/mol. The standard InChI is InChI=1S/C25H29N5O/c1-4-24(31)27-21-7-5-6-17(14-21)18-8-9-19-16-26-25(29-23(19)15-18)28-20-10-12-22(13-11-20)30(2)3/h4-9,14-16,20,22H,1,10-13H2,2-3H3,(H,27,31)(H,26,28,29)/t20-,22+. The predicted octanol–water partition coefficient (Wildman–Crippen LogP) is 4.71. The molecule has 0 saturated heterocycles. The first-order valence-electron chi connectivity index (χ1n) is 10.8. The number of amides is 1. The molecule has 6 nitrogen and oxygen atoms in total. The van der Waals surface area contributed by atoms with Crippen LogP contribution < -0.4 is 10.6 Å². The maximum Gasteiger partial charge on any atom is 0.247 e. The third-order valence-corrected chi connectivity index (χ3v) is 5.99. The summed E-state index contributed by atoms with van der Waals surface area (Å²) in [7, 11) is 4.32. The van der Waals surface area contributed by atoms with Crippen molar-refractivity contribution in [3.05, 3.63) is 61.3 Å². The third kappa shape index (κ3) is 5.09. The van der Waals surface area contributed by atoms with Gasteiger partial charge in [0.05, 0.1) is 5.52 Å². The molecule has 1 aromatic heterocycles. The molecule has 0 spiro atoms. The van der Waals surface area contributed by atoms with E-state index in [9.17, 15) is 4.79 Å². The quantitative estimate of drug-likeness (QED) is 0.571. The van der Waals surface area contributed by atoms with E-state index in [2.05, 4.69) is 53.3 Å². The Morgan fingerprint density at radius 2 is 1.87 bits per heavy atom. The van der Waals surface area contributed by atoms with Crippen LogP contribution in [-0.4, -0.2) is 47.0 Å². The lowest BCUT2D eigenvalue weighted by atomic mass is 9.91. The zero-order chi connectivity index (χ0) is 21.8. The van der Waals surface area contributed by atoms with Crippen molar-refractivity contribution < 1.29 is 4.79 Å². The minimum absolute atomic E-state index is 0.223. The number of nitrogens with zero attached hydrogens (tertiary/aromatic N) is 3. The Labute approximate surface area is 183 Å². The highest BCUT2D eigenvalue weighted by atomic mass is 16.1. The Morgan fingerprint density at radius 3 is 2.61 bits per heavy atom. The molecule has 0 bridgehead atoms. The highest BCUT2D eigenvalue weighted by Crippen LogP contribution is 2.27. The smallest absolute Gasteiger partial charge is 0.247 e. The predicted molar refractivity (Wildman–Crippen MR) is 127 cm³/mol. The summed E-state index contributed by atoms with van der Waals surface area (Å²) < 4.78 is 0. The van der Waals surface area contributed by atoms with Crippen LogP contribution in [0.1, 0.15) is 25.7 Å². The normalized spacial score (nSPS) is 18.7. The number of hydrogen-bond acceptors (Lipinski definition) is 5. The lowest BCUT2D eigenvalue weighted by Gasteiger charge is -2.32. The molecule has 4 rings (SSSR count). The van der Waals surface area contributed by atoms with Crippen molar-refractivity contribution in [1.82, 2.24) is 14.9 Å². The van der Waals surface area contributed by atoms with Gasteiger partial charge in [-0.15, -0.1) is 0 Å². The van der Waals surface area contributed by atoms with Crippen LogP contribution >= 0.6 is 0 Å². The van der Waals surface area contributed by atoms with Gasteiger partial charge in [0.1, 0.15) is 0 Å². The van der Waals surface area contributed by atoms with Crippen molar-refractivity contribution in [3.63, 3.8) is 0 Å². The number of carbonyl (C=O) groups excluding carboxylic acids is 1. The van der Waals surface area contributed by atoms with Gasteiger partial charge in [0.25, 0.3) is 0 Å². The molecule has 1 fully saturated rings. The summed E-state index contributed by atoms with van der Waals surface area (Å²) in [6.45, 7) is 3.50. The minimum Gasteiger partial charge on any atom is -0.351 e. The van der Waals surface area contributed by atoms with Gasteiger partial charge in [0, 0.05) is 29.4 Å². The number of benzene rings is 2. The first-order valence-corrected chi connectivity index (χ1v) is 10.8. The Balaban J connectivity index is 1.52. The number of nitrogens with one attached hydrogen (secondary N) is 2. The first-order chi connectivity index (χ1) is 15.0. The van der Waals surface area contributed by atoms with Crippen molar-refractivity contribution in [1.29, 1.82) is 0 Å². The van der Waals surface area contributed by atoms with Gasteiger partial charge in [-0.25, -0.2) is 9.97 Å². The van der Waals surface area contributed by atoms with Crippen molar-refractivity contribution >= 4 is 28.4 Å². The first kappa shape index (κ1) is 21.0. The van der Waals surface area contributed by atoms with Crippen molar-refractivity contribution in [2.24, 2.45) is 0 Å². The van der Waals surface area contributed by atoms with Gasteiger partial charge in [-0.05, 0) is 75.2 Å². The second-order valence-corrected chi connectivity index (χ2v) is 8.35. The van der Waals surface area contributed by atoms with E-state index in [0.717, 1.165) is 40.6 Å². The maximum atomic E-state index is 11.6. The molecule has 1 saturated carbocycles. The summed E-state index contributed by atoms with van der Waals surface area (Å²) in [6.07, 6.45) is 7.80. The fourth-order valence-electron chi connectivity index (χ4n) is 4.16. The molecule has 1 aliphatic rings. The number of fused-ring (bicyclic) bond motifs is 1. The molecule has 2 aromatic carbocycles. The molecule has 6 heteroatoms. The molecule has 1 aliphatic carbocycles. The molecular formula is C25H29N5O. The maximum absolute atomic E-state index is 11.6. The van der Waals surface area contributed by atoms with E-state index in [4.69, 9.17) is 4.98 Å². The van der Waals surface area contributed by atoms with E-state index in [1.54, 1.807) is 0 Å². The van der Waals surface area contributed by atoms with E-state index in [-0.39, 0.29) is 5.91 Å². The van der Waals surface area contributed by atoms with Crippen LogP contribution in [0, 0.1) is 0 Å². The number of carbonyl (C=O) groups is 1. The second kappa shape index (κ2) is 9.27. The van der Waals surface area contributed by atoms with Gasteiger partial charge in [0.2, 0.25) is 11.9 Å². The largest absolute Gasteiger partial charge is 0.351 e. The third-order valence-electron chi connectivity index (χ3n) is 5.99. The lowest BCUT2D eigenvalue weighted by molar-refractivity contribution is -0.111. The molecule has 1 amide bonds. The van der Waals surface area contributed by atoms with Crippen LogP contribution in [0.4, 0.5) is 11.6 Å². The van der Waals surface area contributed by atoms with Crippen LogP contribution in [0.3, 0.4) is 0 Å². The van der Waals surface area contributed by atoms with Crippen LogP contribution in [-0.2, 0) is 4.79 Å². The number of anilines is 2. The van der Waals surface area contributed by atoms with Gasteiger partial charge in [0.15, 0.2) is 0 Å².